The van der Waals surface area contributed by atoms with E-state index in [4.69, 9.17) is 4.74 Å². The van der Waals surface area contributed by atoms with E-state index in [-0.39, 0.29) is 5.91 Å². The van der Waals surface area contributed by atoms with Crippen LogP contribution in [0, 0.1) is 0 Å². The molecule has 0 bridgehead atoms. The molecule has 2 aromatic rings. The Morgan fingerprint density at radius 1 is 1.04 bits per heavy atom. The molecule has 0 spiro atoms. The molecule has 3 rings (SSSR count). The number of nitrogens with zero attached hydrogens (tertiary/aromatic N) is 3. The number of carbonyl (C=O) groups excluding carboxylic acids is 1. The number of rotatable bonds is 5. The Labute approximate surface area is 148 Å². The molecular weight excluding hydrogens is 316 g/mol. The molecule has 1 fully saturated rings. The predicted octanol–water partition coefficient (Wildman–Crippen LogP) is 3.05. The molecule has 2 heterocycles. The van der Waals surface area contributed by atoms with Gasteiger partial charge in [0.2, 0.25) is 5.91 Å². The smallest absolute Gasteiger partial charge is 0.229 e. The molecule has 1 amide bonds. The Balaban J connectivity index is 1.55. The molecule has 0 radical (unpaired) electrons. The van der Waals surface area contributed by atoms with Gasteiger partial charge in [0.1, 0.15) is 5.75 Å². The largest absolute Gasteiger partial charge is 0.497 e. The van der Waals surface area contributed by atoms with Crippen molar-refractivity contribution in [2.45, 2.75) is 32.1 Å². The maximum atomic E-state index is 12.1. The van der Waals surface area contributed by atoms with Crippen molar-refractivity contribution in [1.29, 1.82) is 0 Å². The first-order valence-corrected chi connectivity index (χ1v) is 8.76. The molecular formula is C19H24N4O2. The highest BCUT2D eigenvalue weighted by atomic mass is 16.5. The summed E-state index contributed by atoms with van der Waals surface area (Å²) < 4.78 is 5.12. The molecule has 1 aromatic heterocycles. The summed E-state index contributed by atoms with van der Waals surface area (Å²) >= 11 is 0. The summed E-state index contributed by atoms with van der Waals surface area (Å²) in [6.07, 6.45) is 5.25. The van der Waals surface area contributed by atoms with Gasteiger partial charge in [0.15, 0.2) is 11.6 Å². The van der Waals surface area contributed by atoms with Crippen molar-refractivity contribution in [3.63, 3.8) is 0 Å². The number of hydrogen-bond acceptors (Lipinski definition) is 5. The van der Waals surface area contributed by atoms with E-state index in [1.807, 2.05) is 36.4 Å². The van der Waals surface area contributed by atoms with Crippen LogP contribution in [0.4, 0.5) is 11.6 Å². The standard InChI is InChI=1S/C19H24N4O2/c1-25-16-8-6-15(7-9-16)14-19(24)20-17-10-11-18(22-21-17)23-12-4-2-3-5-13-23/h6-11H,2-5,12-14H2,1H3,(H,20,21,24). The minimum absolute atomic E-state index is 0.109. The van der Waals surface area contributed by atoms with Crippen LogP contribution in [-0.2, 0) is 11.2 Å². The van der Waals surface area contributed by atoms with Crippen LogP contribution in [0.3, 0.4) is 0 Å². The number of nitrogens with one attached hydrogen (secondary N) is 1. The van der Waals surface area contributed by atoms with Gasteiger partial charge in [0.05, 0.1) is 13.5 Å². The SMILES string of the molecule is COc1ccc(CC(=O)Nc2ccc(N3CCCCCC3)nn2)cc1. The maximum absolute atomic E-state index is 12.1. The molecule has 0 aliphatic carbocycles. The molecule has 1 aromatic carbocycles. The number of benzene rings is 1. The van der Waals surface area contributed by atoms with Crippen LogP contribution in [-0.4, -0.2) is 36.3 Å². The normalized spacial score (nSPS) is 14.7. The predicted molar refractivity (Wildman–Crippen MR) is 98.0 cm³/mol. The zero-order valence-electron chi connectivity index (χ0n) is 14.6. The lowest BCUT2D eigenvalue weighted by molar-refractivity contribution is -0.115. The molecule has 0 atom stereocenters. The van der Waals surface area contributed by atoms with Crippen LogP contribution in [0.1, 0.15) is 31.2 Å². The van der Waals surface area contributed by atoms with E-state index in [0.29, 0.717) is 12.2 Å². The zero-order valence-corrected chi connectivity index (χ0v) is 14.6. The fourth-order valence-electron chi connectivity index (χ4n) is 2.98. The summed E-state index contributed by atoms with van der Waals surface area (Å²) in [4.78, 5) is 14.4. The van der Waals surface area contributed by atoms with Crippen molar-refractivity contribution in [1.82, 2.24) is 10.2 Å². The first-order valence-electron chi connectivity index (χ1n) is 8.76. The van der Waals surface area contributed by atoms with Gasteiger partial charge in [0.25, 0.3) is 0 Å². The van der Waals surface area contributed by atoms with Crippen molar-refractivity contribution >= 4 is 17.5 Å². The van der Waals surface area contributed by atoms with E-state index in [0.717, 1.165) is 30.2 Å². The molecule has 1 aliphatic rings. The second-order valence-corrected chi connectivity index (χ2v) is 6.25. The average molecular weight is 340 g/mol. The first-order chi connectivity index (χ1) is 12.2. The van der Waals surface area contributed by atoms with E-state index in [2.05, 4.69) is 20.4 Å². The minimum Gasteiger partial charge on any atom is -0.497 e. The lowest BCUT2D eigenvalue weighted by atomic mass is 10.1. The number of amides is 1. The van der Waals surface area contributed by atoms with Gasteiger partial charge >= 0.3 is 0 Å². The number of aromatic nitrogens is 2. The zero-order chi connectivity index (χ0) is 17.5. The number of ether oxygens (including phenoxy) is 1. The third-order valence-corrected chi connectivity index (χ3v) is 4.37. The maximum Gasteiger partial charge on any atom is 0.229 e. The molecule has 6 heteroatoms. The van der Waals surface area contributed by atoms with Gasteiger partial charge in [-0.15, -0.1) is 10.2 Å². The van der Waals surface area contributed by atoms with Gasteiger partial charge in [-0.1, -0.05) is 25.0 Å². The number of methoxy groups -OCH3 is 1. The van der Waals surface area contributed by atoms with Crippen molar-refractivity contribution in [2.24, 2.45) is 0 Å². The summed E-state index contributed by atoms with van der Waals surface area (Å²) in [5.41, 5.74) is 0.924. The molecule has 6 nitrogen and oxygen atoms in total. The Kier molecular flexibility index (Phi) is 5.82. The summed E-state index contributed by atoms with van der Waals surface area (Å²) in [5, 5.41) is 11.2. The number of hydrogen-bond donors (Lipinski definition) is 1. The van der Waals surface area contributed by atoms with Crippen molar-refractivity contribution in [3.05, 3.63) is 42.0 Å². The highest BCUT2D eigenvalue weighted by Crippen LogP contribution is 2.18. The van der Waals surface area contributed by atoms with Crippen LogP contribution in [0.2, 0.25) is 0 Å². The summed E-state index contributed by atoms with van der Waals surface area (Å²) in [7, 11) is 1.62. The van der Waals surface area contributed by atoms with E-state index >= 15 is 0 Å². The Morgan fingerprint density at radius 2 is 1.76 bits per heavy atom. The van der Waals surface area contributed by atoms with Crippen LogP contribution < -0.4 is 15.0 Å². The molecule has 0 saturated carbocycles. The van der Waals surface area contributed by atoms with Crippen LogP contribution in [0.15, 0.2) is 36.4 Å². The van der Waals surface area contributed by atoms with Crippen LogP contribution >= 0.6 is 0 Å². The second kappa shape index (κ2) is 8.46. The molecule has 0 unspecified atom stereocenters. The lowest BCUT2D eigenvalue weighted by Crippen LogP contribution is -2.25. The van der Waals surface area contributed by atoms with Crippen molar-refractivity contribution in [3.8, 4) is 5.75 Å². The molecule has 1 saturated heterocycles. The summed E-state index contributed by atoms with van der Waals surface area (Å²) in [6.45, 7) is 2.05. The summed E-state index contributed by atoms with van der Waals surface area (Å²) in [6, 6.07) is 11.2. The highest BCUT2D eigenvalue weighted by molar-refractivity contribution is 5.91. The Bertz CT molecular complexity index is 678. The fraction of sp³-hybridized carbons (Fsp3) is 0.421. The van der Waals surface area contributed by atoms with Gasteiger partial charge in [-0.3, -0.25) is 4.79 Å². The van der Waals surface area contributed by atoms with E-state index < -0.39 is 0 Å². The topological polar surface area (TPSA) is 67.3 Å². The quantitative estimate of drug-likeness (QED) is 0.906. The van der Waals surface area contributed by atoms with Gasteiger partial charge in [-0.2, -0.15) is 0 Å². The van der Waals surface area contributed by atoms with Crippen LogP contribution in [0.5, 0.6) is 5.75 Å². The Hall–Kier alpha value is -2.63. The molecule has 1 N–H and O–H groups in total. The van der Waals surface area contributed by atoms with E-state index in [1.165, 1.54) is 25.7 Å². The van der Waals surface area contributed by atoms with Crippen LogP contribution in [0.25, 0.3) is 0 Å². The first kappa shape index (κ1) is 17.2. The third-order valence-electron chi connectivity index (χ3n) is 4.37. The molecule has 25 heavy (non-hydrogen) atoms. The van der Waals surface area contributed by atoms with Crippen molar-refractivity contribution < 1.29 is 9.53 Å². The lowest BCUT2D eigenvalue weighted by Gasteiger charge is -2.20. The highest BCUT2D eigenvalue weighted by Gasteiger charge is 2.12. The number of anilines is 2. The fourth-order valence-corrected chi connectivity index (χ4v) is 2.98. The van der Waals surface area contributed by atoms with Gasteiger partial charge < -0.3 is 15.0 Å². The minimum atomic E-state index is -0.109. The van der Waals surface area contributed by atoms with Crippen molar-refractivity contribution in [2.75, 3.05) is 30.4 Å². The number of carbonyl (C=O) groups is 1. The van der Waals surface area contributed by atoms with E-state index in [1.54, 1.807) is 7.11 Å². The molecule has 1 aliphatic heterocycles. The second-order valence-electron chi connectivity index (χ2n) is 6.25. The summed E-state index contributed by atoms with van der Waals surface area (Å²) in [5.74, 6) is 2.04. The third kappa shape index (κ3) is 4.92. The average Bonchev–Trinajstić information content (AvgIpc) is 2.92. The molecule has 132 valence electrons. The van der Waals surface area contributed by atoms with Gasteiger partial charge in [-0.25, -0.2) is 0 Å². The monoisotopic (exact) mass is 340 g/mol. The van der Waals surface area contributed by atoms with Gasteiger partial charge in [0, 0.05) is 13.1 Å². The Morgan fingerprint density at radius 3 is 2.36 bits per heavy atom. The van der Waals surface area contributed by atoms with E-state index in [9.17, 15) is 4.79 Å². The van der Waals surface area contributed by atoms with Gasteiger partial charge in [-0.05, 0) is 42.7 Å².